The minimum atomic E-state index is -0.324. The highest BCUT2D eigenvalue weighted by Crippen LogP contribution is 2.37. The summed E-state index contributed by atoms with van der Waals surface area (Å²) in [7, 11) is 1.72. The molecule has 98 valence electrons. The molecule has 0 radical (unpaired) electrons. The Labute approximate surface area is 105 Å². The Morgan fingerprint density at radius 2 is 2.33 bits per heavy atom. The Morgan fingerprint density at radius 1 is 1.61 bits per heavy atom. The first-order chi connectivity index (χ1) is 8.60. The van der Waals surface area contributed by atoms with Crippen LogP contribution in [0.15, 0.2) is 10.9 Å². The molecule has 1 aliphatic rings. The molecule has 0 atom stereocenters. The van der Waals surface area contributed by atoms with Crippen LogP contribution in [0.1, 0.15) is 31.5 Å². The van der Waals surface area contributed by atoms with Crippen LogP contribution in [0.3, 0.4) is 0 Å². The van der Waals surface area contributed by atoms with Gasteiger partial charge in [-0.25, -0.2) is 4.98 Å². The van der Waals surface area contributed by atoms with Crippen LogP contribution in [0.4, 0.5) is 5.82 Å². The van der Waals surface area contributed by atoms with Gasteiger partial charge in [-0.2, -0.15) is 0 Å². The lowest BCUT2D eigenvalue weighted by molar-refractivity contribution is -0.141. The summed E-state index contributed by atoms with van der Waals surface area (Å²) in [5, 5.41) is 0. The van der Waals surface area contributed by atoms with Gasteiger partial charge < -0.3 is 14.6 Å². The van der Waals surface area contributed by atoms with Gasteiger partial charge in [0.25, 0.3) is 5.56 Å². The van der Waals surface area contributed by atoms with Gasteiger partial charge in [0.15, 0.2) is 0 Å². The zero-order valence-electron chi connectivity index (χ0n) is 10.6. The van der Waals surface area contributed by atoms with Crippen molar-refractivity contribution in [3.63, 3.8) is 0 Å². The number of aromatic nitrogens is 2. The SMILES string of the molecule is CCOC(=O)CN(C)c1cc(=O)[nH]c(C2CC2)n1. The van der Waals surface area contributed by atoms with E-state index in [1.807, 2.05) is 0 Å². The molecule has 0 spiro atoms. The molecule has 6 heteroatoms. The zero-order chi connectivity index (χ0) is 13.1. The monoisotopic (exact) mass is 251 g/mol. The largest absolute Gasteiger partial charge is 0.465 e. The Morgan fingerprint density at radius 3 is 2.94 bits per heavy atom. The van der Waals surface area contributed by atoms with Gasteiger partial charge in [-0.05, 0) is 19.8 Å². The molecule has 1 N–H and O–H groups in total. The van der Waals surface area contributed by atoms with E-state index in [-0.39, 0.29) is 18.1 Å². The number of H-pyrrole nitrogens is 1. The fourth-order valence-electron chi connectivity index (χ4n) is 1.69. The number of nitrogens with zero attached hydrogens (tertiary/aromatic N) is 2. The second-order valence-electron chi connectivity index (χ2n) is 4.42. The lowest BCUT2D eigenvalue weighted by Crippen LogP contribution is -2.29. The van der Waals surface area contributed by atoms with Crippen molar-refractivity contribution in [2.75, 3.05) is 25.1 Å². The number of aromatic amines is 1. The number of nitrogens with one attached hydrogen (secondary N) is 1. The van der Waals surface area contributed by atoms with Gasteiger partial charge in [0.1, 0.15) is 18.2 Å². The van der Waals surface area contributed by atoms with Crippen LogP contribution in [0, 0.1) is 0 Å². The fraction of sp³-hybridized carbons (Fsp3) is 0.583. The van der Waals surface area contributed by atoms with Crippen LogP contribution < -0.4 is 10.5 Å². The van der Waals surface area contributed by atoms with Gasteiger partial charge in [0, 0.05) is 19.0 Å². The van der Waals surface area contributed by atoms with Crippen LogP contribution in [0.5, 0.6) is 0 Å². The smallest absolute Gasteiger partial charge is 0.325 e. The molecule has 1 aliphatic carbocycles. The molecule has 1 aromatic heterocycles. The lowest BCUT2D eigenvalue weighted by atomic mass is 10.4. The van der Waals surface area contributed by atoms with Crippen LogP contribution in [0.25, 0.3) is 0 Å². The molecule has 0 bridgehead atoms. The Kier molecular flexibility index (Phi) is 3.64. The number of hydrogen-bond acceptors (Lipinski definition) is 5. The quantitative estimate of drug-likeness (QED) is 0.777. The van der Waals surface area contributed by atoms with E-state index in [2.05, 4.69) is 9.97 Å². The van der Waals surface area contributed by atoms with Crippen molar-refractivity contribution in [1.29, 1.82) is 0 Å². The molecule has 1 fully saturated rings. The van der Waals surface area contributed by atoms with Crippen molar-refractivity contribution in [3.05, 3.63) is 22.2 Å². The van der Waals surface area contributed by atoms with Crippen molar-refractivity contribution in [2.45, 2.75) is 25.7 Å². The summed E-state index contributed by atoms with van der Waals surface area (Å²) in [4.78, 5) is 31.6. The van der Waals surface area contributed by atoms with Crippen molar-refractivity contribution < 1.29 is 9.53 Å². The molecule has 1 saturated carbocycles. The van der Waals surface area contributed by atoms with E-state index in [0.29, 0.717) is 24.2 Å². The number of carbonyl (C=O) groups excluding carboxylic acids is 1. The van der Waals surface area contributed by atoms with Gasteiger partial charge in [0.05, 0.1) is 6.61 Å². The summed E-state index contributed by atoms with van der Waals surface area (Å²) < 4.78 is 4.86. The van der Waals surface area contributed by atoms with Gasteiger partial charge in [0.2, 0.25) is 0 Å². The third-order valence-electron chi connectivity index (χ3n) is 2.77. The predicted molar refractivity (Wildman–Crippen MR) is 66.7 cm³/mol. The second kappa shape index (κ2) is 5.20. The number of hydrogen-bond donors (Lipinski definition) is 1. The Bertz CT molecular complexity index is 494. The van der Waals surface area contributed by atoms with Gasteiger partial charge >= 0.3 is 5.97 Å². The first-order valence-electron chi connectivity index (χ1n) is 6.08. The average molecular weight is 251 g/mol. The van der Waals surface area contributed by atoms with Crippen molar-refractivity contribution in [1.82, 2.24) is 9.97 Å². The summed E-state index contributed by atoms with van der Waals surface area (Å²) >= 11 is 0. The number of likely N-dealkylation sites (N-methyl/N-ethyl adjacent to an activating group) is 1. The highest BCUT2D eigenvalue weighted by molar-refractivity contribution is 5.75. The van der Waals surface area contributed by atoms with Crippen LogP contribution in [0.2, 0.25) is 0 Å². The first kappa shape index (κ1) is 12.6. The highest BCUT2D eigenvalue weighted by atomic mass is 16.5. The van der Waals surface area contributed by atoms with Crippen molar-refractivity contribution in [3.8, 4) is 0 Å². The first-order valence-corrected chi connectivity index (χ1v) is 6.08. The Hall–Kier alpha value is -1.85. The molecule has 1 heterocycles. The van der Waals surface area contributed by atoms with E-state index in [0.717, 1.165) is 12.8 Å². The molecule has 0 amide bonds. The summed E-state index contributed by atoms with van der Waals surface area (Å²) in [6.07, 6.45) is 2.13. The fourth-order valence-corrected chi connectivity index (χ4v) is 1.69. The maximum Gasteiger partial charge on any atom is 0.325 e. The summed E-state index contributed by atoms with van der Waals surface area (Å²) in [5.41, 5.74) is -0.183. The van der Waals surface area contributed by atoms with E-state index >= 15 is 0 Å². The summed E-state index contributed by atoms with van der Waals surface area (Å²) in [6.45, 7) is 2.20. The normalized spacial score (nSPS) is 14.3. The molecular weight excluding hydrogens is 234 g/mol. The summed E-state index contributed by atoms with van der Waals surface area (Å²) in [6, 6.07) is 1.39. The Balaban J connectivity index is 2.11. The standard InChI is InChI=1S/C12H17N3O3/c1-3-18-11(17)7-15(2)9-6-10(16)14-12(13-9)8-4-5-8/h6,8H,3-5,7H2,1-2H3,(H,13,14,16). The van der Waals surface area contributed by atoms with Crippen molar-refractivity contribution >= 4 is 11.8 Å². The average Bonchev–Trinajstić information content (AvgIpc) is 3.12. The molecule has 2 rings (SSSR count). The molecule has 0 saturated heterocycles. The number of ether oxygens (including phenoxy) is 1. The van der Waals surface area contributed by atoms with Crippen LogP contribution in [-0.2, 0) is 9.53 Å². The summed E-state index contributed by atoms with van der Waals surface area (Å²) in [5.74, 6) is 1.27. The molecular formula is C12H17N3O3. The maximum atomic E-state index is 11.5. The number of anilines is 1. The van der Waals surface area contributed by atoms with Gasteiger partial charge in [-0.15, -0.1) is 0 Å². The molecule has 0 unspecified atom stereocenters. The molecule has 0 aromatic carbocycles. The van der Waals surface area contributed by atoms with E-state index in [9.17, 15) is 9.59 Å². The minimum absolute atomic E-state index is 0.0917. The lowest BCUT2D eigenvalue weighted by Gasteiger charge is -2.17. The van der Waals surface area contributed by atoms with Crippen LogP contribution in [-0.4, -0.2) is 36.1 Å². The molecule has 0 aliphatic heterocycles. The van der Waals surface area contributed by atoms with E-state index in [1.54, 1.807) is 18.9 Å². The highest BCUT2D eigenvalue weighted by Gasteiger charge is 2.26. The van der Waals surface area contributed by atoms with Gasteiger partial charge in [-0.3, -0.25) is 9.59 Å². The van der Waals surface area contributed by atoms with E-state index in [1.165, 1.54) is 6.07 Å². The predicted octanol–water partition coefficient (Wildman–Crippen LogP) is 0.647. The number of esters is 1. The van der Waals surface area contributed by atoms with Gasteiger partial charge in [-0.1, -0.05) is 0 Å². The third kappa shape index (κ3) is 3.09. The maximum absolute atomic E-state index is 11.5. The zero-order valence-corrected chi connectivity index (χ0v) is 10.6. The molecule has 18 heavy (non-hydrogen) atoms. The number of carbonyl (C=O) groups is 1. The van der Waals surface area contributed by atoms with Crippen molar-refractivity contribution in [2.24, 2.45) is 0 Å². The van der Waals surface area contributed by atoms with E-state index < -0.39 is 0 Å². The van der Waals surface area contributed by atoms with Crippen LogP contribution >= 0.6 is 0 Å². The minimum Gasteiger partial charge on any atom is -0.465 e. The van der Waals surface area contributed by atoms with E-state index in [4.69, 9.17) is 4.74 Å². The second-order valence-corrected chi connectivity index (χ2v) is 4.42. The molecule has 6 nitrogen and oxygen atoms in total. The third-order valence-corrected chi connectivity index (χ3v) is 2.77. The number of rotatable bonds is 5. The molecule has 1 aromatic rings. The topological polar surface area (TPSA) is 75.3 Å².